The quantitative estimate of drug-likeness (QED) is 0.496. The van der Waals surface area contributed by atoms with Gasteiger partial charge in [-0.05, 0) is 31.0 Å². The third-order valence-corrected chi connectivity index (χ3v) is 4.16. The molecule has 1 atom stereocenters. The number of carbonyl (C=O) groups excluding carboxylic acids is 1. The van der Waals surface area contributed by atoms with E-state index >= 15 is 0 Å². The first-order valence-electron chi connectivity index (χ1n) is 8.88. The van der Waals surface area contributed by atoms with Crippen molar-refractivity contribution in [1.29, 1.82) is 0 Å². The largest absolute Gasteiger partial charge is 0.493 e. The number of rotatable bonds is 10. The molecule has 0 aliphatic carbocycles. The van der Waals surface area contributed by atoms with Crippen molar-refractivity contribution in [2.75, 3.05) is 20.8 Å². The van der Waals surface area contributed by atoms with Gasteiger partial charge in [0.1, 0.15) is 5.75 Å². The van der Waals surface area contributed by atoms with Crippen molar-refractivity contribution >= 4 is 11.6 Å². The van der Waals surface area contributed by atoms with Gasteiger partial charge in [-0.25, -0.2) is 0 Å². The van der Waals surface area contributed by atoms with Gasteiger partial charge in [0, 0.05) is 12.1 Å². The summed E-state index contributed by atoms with van der Waals surface area (Å²) in [4.78, 5) is 23.3. The maximum atomic E-state index is 12.4. The molecule has 0 aromatic heterocycles. The minimum Gasteiger partial charge on any atom is -0.493 e. The maximum Gasteiger partial charge on any atom is 0.276 e. The smallest absolute Gasteiger partial charge is 0.276 e. The molecule has 8 heteroatoms. The number of nitro groups is 1. The number of para-hydroxylation sites is 1. The Morgan fingerprint density at radius 3 is 2.36 bits per heavy atom. The minimum absolute atomic E-state index is 0.0838. The summed E-state index contributed by atoms with van der Waals surface area (Å²) in [6.07, 6.45) is 0.129. The summed E-state index contributed by atoms with van der Waals surface area (Å²) in [5, 5.41) is 14.1. The summed E-state index contributed by atoms with van der Waals surface area (Å²) in [5.41, 5.74) is 0.361. The molecular formula is C20H24N2O6. The monoisotopic (exact) mass is 388 g/mol. The Bertz CT molecular complexity index is 810. The van der Waals surface area contributed by atoms with Crippen LogP contribution < -0.4 is 19.5 Å². The van der Waals surface area contributed by atoms with Gasteiger partial charge in [0.05, 0.1) is 25.2 Å². The van der Waals surface area contributed by atoms with Gasteiger partial charge in [0.2, 0.25) is 0 Å². The van der Waals surface area contributed by atoms with Gasteiger partial charge in [0.15, 0.2) is 17.6 Å². The van der Waals surface area contributed by atoms with Crippen LogP contribution in [0.2, 0.25) is 0 Å². The number of amides is 1. The lowest BCUT2D eigenvalue weighted by molar-refractivity contribution is -0.385. The SMILES string of the molecule is CCC(Oc1ccccc1)C(=O)NCCc1cc(OC)c(OC)cc1[N+](=O)[O-]. The molecule has 2 aromatic rings. The van der Waals surface area contributed by atoms with Gasteiger partial charge >= 0.3 is 0 Å². The van der Waals surface area contributed by atoms with Gasteiger partial charge in [-0.3, -0.25) is 14.9 Å². The predicted octanol–water partition coefficient (Wildman–Crippen LogP) is 3.13. The molecule has 0 saturated heterocycles. The zero-order valence-corrected chi connectivity index (χ0v) is 16.1. The molecule has 2 aromatic carbocycles. The molecule has 1 N–H and O–H groups in total. The second-order valence-corrected chi connectivity index (χ2v) is 5.96. The number of hydrogen-bond donors (Lipinski definition) is 1. The number of methoxy groups -OCH3 is 2. The third-order valence-electron chi connectivity index (χ3n) is 4.16. The van der Waals surface area contributed by atoms with Crippen LogP contribution >= 0.6 is 0 Å². The van der Waals surface area contributed by atoms with Crippen LogP contribution in [0.15, 0.2) is 42.5 Å². The standard InChI is InChI=1S/C20H24N2O6/c1-4-17(28-15-8-6-5-7-9-15)20(23)21-11-10-14-12-18(26-2)19(27-3)13-16(14)22(24)25/h5-9,12-13,17H,4,10-11H2,1-3H3,(H,21,23). The van der Waals surface area contributed by atoms with Crippen molar-refractivity contribution in [2.24, 2.45) is 0 Å². The summed E-state index contributed by atoms with van der Waals surface area (Å²) >= 11 is 0. The number of hydrogen-bond acceptors (Lipinski definition) is 6. The van der Waals surface area contributed by atoms with Gasteiger partial charge in [-0.1, -0.05) is 25.1 Å². The van der Waals surface area contributed by atoms with Crippen molar-refractivity contribution in [2.45, 2.75) is 25.9 Å². The fraction of sp³-hybridized carbons (Fsp3) is 0.350. The maximum absolute atomic E-state index is 12.4. The van der Waals surface area contributed by atoms with Gasteiger partial charge in [-0.15, -0.1) is 0 Å². The molecule has 8 nitrogen and oxygen atoms in total. The molecule has 0 bridgehead atoms. The van der Waals surface area contributed by atoms with Crippen molar-refractivity contribution < 1.29 is 23.9 Å². The summed E-state index contributed by atoms with van der Waals surface area (Å²) in [7, 11) is 2.88. The average Bonchev–Trinajstić information content (AvgIpc) is 2.71. The highest BCUT2D eigenvalue weighted by Gasteiger charge is 2.21. The molecule has 0 radical (unpaired) electrons. The van der Waals surface area contributed by atoms with E-state index < -0.39 is 11.0 Å². The molecule has 0 aliphatic heterocycles. The van der Waals surface area contributed by atoms with E-state index in [2.05, 4.69) is 5.32 Å². The molecule has 28 heavy (non-hydrogen) atoms. The third kappa shape index (κ3) is 5.35. The number of benzene rings is 2. The van der Waals surface area contributed by atoms with E-state index in [1.54, 1.807) is 18.2 Å². The van der Waals surface area contributed by atoms with Crippen LogP contribution in [0.1, 0.15) is 18.9 Å². The molecule has 0 saturated carbocycles. The Kier molecular flexibility index (Phi) is 7.62. The lowest BCUT2D eigenvalue weighted by atomic mass is 10.1. The molecule has 0 aliphatic rings. The Morgan fingerprint density at radius 2 is 1.79 bits per heavy atom. The fourth-order valence-electron chi connectivity index (χ4n) is 2.70. The van der Waals surface area contributed by atoms with Crippen LogP contribution in [0.4, 0.5) is 5.69 Å². The Labute approximate surface area is 163 Å². The average molecular weight is 388 g/mol. The topological polar surface area (TPSA) is 99.9 Å². The molecule has 0 fully saturated rings. The highest BCUT2D eigenvalue weighted by atomic mass is 16.6. The van der Waals surface area contributed by atoms with Gasteiger partial charge in [0.25, 0.3) is 11.6 Å². The van der Waals surface area contributed by atoms with Gasteiger partial charge in [-0.2, -0.15) is 0 Å². The van der Waals surface area contributed by atoms with Crippen molar-refractivity contribution in [3.63, 3.8) is 0 Å². The van der Waals surface area contributed by atoms with E-state index in [-0.39, 0.29) is 30.3 Å². The molecule has 150 valence electrons. The van der Waals surface area contributed by atoms with E-state index in [1.807, 2.05) is 25.1 Å². The van der Waals surface area contributed by atoms with Crippen molar-refractivity contribution in [3.05, 3.63) is 58.1 Å². The zero-order chi connectivity index (χ0) is 20.5. The normalized spacial score (nSPS) is 11.4. The van der Waals surface area contributed by atoms with E-state index in [1.165, 1.54) is 20.3 Å². The second-order valence-electron chi connectivity index (χ2n) is 5.96. The number of nitrogens with zero attached hydrogens (tertiary/aromatic N) is 1. The molecule has 1 amide bonds. The summed E-state index contributed by atoms with van der Waals surface area (Å²) < 4.78 is 16.0. The van der Waals surface area contributed by atoms with E-state index in [9.17, 15) is 14.9 Å². The minimum atomic E-state index is -0.636. The van der Waals surface area contributed by atoms with Crippen LogP contribution in [-0.4, -0.2) is 37.7 Å². The van der Waals surface area contributed by atoms with Gasteiger partial charge < -0.3 is 19.5 Å². The van der Waals surface area contributed by atoms with Crippen LogP contribution in [0.25, 0.3) is 0 Å². The number of nitro benzene ring substituents is 1. The first-order chi connectivity index (χ1) is 13.5. The second kappa shape index (κ2) is 10.1. The molecule has 0 spiro atoms. The first-order valence-corrected chi connectivity index (χ1v) is 8.88. The molecule has 1 unspecified atom stereocenters. The van der Waals surface area contributed by atoms with E-state index in [4.69, 9.17) is 14.2 Å². The van der Waals surface area contributed by atoms with Crippen LogP contribution in [0.5, 0.6) is 17.2 Å². The Balaban J connectivity index is 2.03. The molecule has 2 rings (SSSR count). The lowest BCUT2D eigenvalue weighted by Crippen LogP contribution is -2.39. The Morgan fingerprint density at radius 1 is 1.14 bits per heavy atom. The summed E-state index contributed by atoms with van der Waals surface area (Å²) in [6, 6.07) is 12.0. The van der Waals surface area contributed by atoms with E-state index in [0.29, 0.717) is 23.5 Å². The zero-order valence-electron chi connectivity index (χ0n) is 16.1. The number of ether oxygens (including phenoxy) is 3. The molecule has 0 heterocycles. The summed E-state index contributed by atoms with van der Waals surface area (Å²) in [6.45, 7) is 2.08. The van der Waals surface area contributed by atoms with Crippen molar-refractivity contribution in [1.82, 2.24) is 5.32 Å². The van der Waals surface area contributed by atoms with Crippen LogP contribution in [0, 0.1) is 10.1 Å². The lowest BCUT2D eigenvalue weighted by Gasteiger charge is -2.17. The number of nitrogens with one attached hydrogen (secondary N) is 1. The van der Waals surface area contributed by atoms with Crippen LogP contribution in [-0.2, 0) is 11.2 Å². The number of carbonyl (C=O) groups is 1. The van der Waals surface area contributed by atoms with Crippen LogP contribution in [0.3, 0.4) is 0 Å². The highest BCUT2D eigenvalue weighted by molar-refractivity contribution is 5.81. The van der Waals surface area contributed by atoms with Crippen molar-refractivity contribution in [3.8, 4) is 17.2 Å². The van der Waals surface area contributed by atoms with E-state index in [0.717, 1.165) is 0 Å². The Hall–Kier alpha value is -3.29. The molecular weight excluding hydrogens is 364 g/mol. The summed E-state index contributed by atoms with van der Waals surface area (Å²) in [5.74, 6) is 1.02. The predicted molar refractivity (Wildman–Crippen MR) is 104 cm³/mol. The first kappa shape index (κ1) is 21.0. The fourth-order valence-corrected chi connectivity index (χ4v) is 2.70. The highest BCUT2D eigenvalue weighted by Crippen LogP contribution is 2.34.